The Morgan fingerprint density at radius 3 is 2.62 bits per heavy atom. The number of pyridine rings is 1. The first-order valence-corrected chi connectivity index (χ1v) is 9.69. The van der Waals surface area contributed by atoms with E-state index in [9.17, 15) is 8.42 Å². The molecule has 1 aromatic heterocycles. The Kier molecular flexibility index (Phi) is 4.73. The Labute approximate surface area is 142 Å². The molecule has 128 valence electrons. The third-order valence-corrected chi connectivity index (χ3v) is 4.45. The molecule has 1 saturated heterocycles. The van der Waals surface area contributed by atoms with E-state index in [1.54, 1.807) is 12.1 Å². The minimum atomic E-state index is -3.36. The van der Waals surface area contributed by atoms with Gasteiger partial charge in [0.2, 0.25) is 10.0 Å². The summed E-state index contributed by atoms with van der Waals surface area (Å²) in [5.74, 6) is 1.05. The quantitative estimate of drug-likeness (QED) is 0.920. The monoisotopic (exact) mass is 347 g/mol. The Morgan fingerprint density at radius 1 is 1.17 bits per heavy atom. The number of aromatic nitrogens is 1. The summed E-state index contributed by atoms with van der Waals surface area (Å²) >= 11 is 0. The molecule has 2 atom stereocenters. The zero-order chi connectivity index (χ0) is 17.2. The van der Waals surface area contributed by atoms with Crippen LogP contribution >= 0.6 is 0 Å². The molecule has 1 fully saturated rings. The number of hydrogen-bond acceptors (Lipinski definition) is 5. The van der Waals surface area contributed by atoms with E-state index in [-0.39, 0.29) is 12.1 Å². The second-order valence-electron chi connectivity index (χ2n) is 5.98. The number of ether oxygens (including phenoxy) is 1. The van der Waals surface area contributed by atoms with Crippen molar-refractivity contribution in [3.05, 3.63) is 54.1 Å². The molecule has 0 spiro atoms. The van der Waals surface area contributed by atoms with Crippen molar-refractivity contribution in [3.63, 3.8) is 0 Å². The van der Waals surface area contributed by atoms with Gasteiger partial charge in [0.1, 0.15) is 11.6 Å². The molecular weight excluding hydrogens is 326 g/mol. The van der Waals surface area contributed by atoms with E-state index in [2.05, 4.69) is 26.7 Å². The van der Waals surface area contributed by atoms with Crippen LogP contribution in [0, 0.1) is 0 Å². The van der Waals surface area contributed by atoms with Gasteiger partial charge in [-0.1, -0.05) is 36.4 Å². The summed E-state index contributed by atoms with van der Waals surface area (Å²) in [5, 5.41) is 0. The molecule has 0 unspecified atom stereocenters. The summed E-state index contributed by atoms with van der Waals surface area (Å²) < 4.78 is 31.1. The second kappa shape index (κ2) is 6.78. The molecule has 6 nitrogen and oxygen atoms in total. The fraction of sp³-hybridized carbons (Fsp3) is 0.353. The lowest BCUT2D eigenvalue weighted by Gasteiger charge is -2.39. The zero-order valence-electron chi connectivity index (χ0n) is 13.7. The number of sulfonamides is 1. The number of nitrogens with one attached hydrogen (secondary N) is 1. The smallest absolute Gasteiger partial charge is 0.230 e. The summed E-state index contributed by atoms with van der Waals surface area (Å²) in [7, 11) is -3.36. The number of benzene rings is 1. The fourth-order valence-electron chi connectivity index (χ4n) is 2.84. The van der Waals surface area contributed by atoms with Crippen LogP contribution in [0.5, 0.6) is 0 Å². The Morgan fingerprint density at radius 2 is 1.92 bits per heavy atom. The van der Waals surface area contributed by atoms with Crippen molar-refractivity contribution in [2.45, 2.75) is 19.1 Å². The van der Waals surface area contributed by atoms with Gasteiger partial charge in [-0.2, -0.15) is 0 Å². The van der Waals surface area contributed by atoms with Gasteiger partial charge in [-0.3, -0.25) is 4.72 Å². The van der Waals surface area contributed by atoms with Gasteiger partial charge in [-0.15, -0.1) is 0 Å². The van der Waals surface area contributed by atoms with E-state index in [1.165, 1.54) is 0 Å². The first-order valence-electron chi connectivity index (χ1n) is 7.80. The summed E-state index contributed by atoms with van der Waals surface area (Å²) in [6, 6.07) is 15.5. The van der Waals surface area contributed by atoms with Crippen LogP contribution in [0.3, 0.4) is 0 Å². The lowest BCUT2D eigenvalue weighted by Crippen LogP contribution is -2.44. The van der Waals surface area contributed by atoms with Crippen molar-refractivity contribution < 1.29 is 13.2 Å². The molecule has 0 aliphatic carbocycles. The van der Waals surface area contributed by atoms with Crippen LogP contribution in [0.1, 0.15) is 18.5 Å². The topological polar surface area (TPSA) is 71.5 Å². The van der Waals surface area contributed by atoms with Crippen LogP contribution in [-0.2, 0) is 14.8 Å². The summed E-state index contributed by atoms with van der Waals surface area (Å²) in [6.45, 7) is 3.28. The van der Waals surface area contributed by atoms with Gasteiger partial charge in [0.05, 0.1) is 25.0 Å². The molecule has 1 aromatic carbocycles. The van der Waals surface area contributed by atoms with Gasteiger partial charge in [0, 0.05) is 6.54 Å². The molecule has 3 rings (SSSR count). The molecule has 24 heavy (non-hydrogen) atoms. The molecule has 0 bridgehead atoms. The second-order valence-corrected chi connectivity index (χ2v) is 7.73. The highest BCUT2D eigenvalue weighted by Crippen LogP contribution is 2.30. The van der Waals surface area contributed by atoms with E-state index in [0.717, 1.165) is 17.6 Å². The minimum absolute atomic E-state index is 0.0448. The van der Waals surface area contributed by atoms with Crippen LogP contribution in [-0.4, -0.2) is 38.9 Å². The molecule has 0 amide bonds. The molecule has 1 aliphatic heterocycles. The Bertz CT molecular complexity index is 796. The van der Waals surface area contributed by atoms with Crippen LogP contribution in [0.4, 0.5) is 11.6 Å². The third-order valence-electron chi connectivity index (χ3n) is 3.87. The van der Waals surface area contributed by atoms with E-state index in [0.29, 0.717) is 19.0 Å². The van der Waals surface area contributed by atoms with Gasteiger partial charge in [0.25, 0.3) is 0 Å². The normalized spacial score (nSPS) is 21.5. The Balaban J connectivity index is 1.93. The lowest BCUT2D eigenvalue weighted by atomic mass is 10.0. The first kappa shape index (κ1) is 16.7. The molecule has 1 aliphatic rings. The average Bonchev–Trinajstić information content (AvgIpc) is 2.54. The van der Waals surface area contributed by atoms with Gasteiger partial charge in [0.15, 0.2) is 0 Å². The summed E-state index contributed by atoms with van der Waals surface area (Å²) in [6.07, 6.45) is 1.20. The number of anilines is 2. The molecule has 2 heterocycles. The van der Waals surface area contributed by atoms with E-state index < -0.39 is 10.0 Å². The van der Waals surface area contributed by atoms with Crippen LogP contribution in [0.2, 0.25) is 0 Å². The van der Waals surface area contributed by atoms with Crippen molar-refractivity contribution in [3.8, 4) is 0 Å². The molecule has 0 saturated carbocycles. The van der Waals surface area contributed by atoms with Crippen molar-refractivity contribution in [1.82, 2.24) is 4.98 Å². The molecular formula is C17H21N3O3S. The highest BCUT2D eigenvalue weighted by atomic mass is 32.2. The minimum Gasteiger partial charge on any atom is -0.374 e. The third kappa shape index (κ3) is 4.04. The highest BCUT2D eigenvalue weighted by molar-refractivity contribution is 7.92. The fourth-order valence-corrected chi connectivity index (χ4v) is 3.33. The van der Waals surface area contributed by atoms with Crippen LogP contribution < -0.4 is 9.62 Å². The largest absolute Gasteiger partial charge is 0.374 e. The van der Waals surface area contributed by atoms with E-state index in [4.69, 9.17) is 4.74 Å². The van der Waals surface area contributed by atoms with Crippen LogP contribution in [0.25, 0.3) is 0 Å². The number of hydrogen-bond donors (Lipinski definition) is 1. The predicted molar refractivity (Wildman–Crippen MR) is 94.6 cm³/mol. The van der Waals surface area contributed by atoms with E-state index >= 15 is 0 Å². The van der Waals surface area contributed by atoms with Crippen molar-refractivity contribution in [1.29, 1.82) is 0 Å². The average molecular weight is 347 g/mol. The molecule has 0 radical (unpaired) electrons. The lowest BCUT2D eigenvalue weighted by molar-refractivity contribution is 0.0300. The van der Waals surface area contributed by atoms with Gasteiger partial charge < -0.3 is 9.64 Å². The van der Waals surface area contributed by atoms with Crippen molar-refractivity contribution in [2.24, 2.45) is 0 Å². The van der Waals surface area contributed by atoms with Gasteiger partial charge in [-0.05, 0) is 24.6 Å². The first-order chi connectivity index (χ1) is 11.4. The standard InChI is InChI=1S/C17H21N3O3S/c1-13-11-20(15(12-23-13)14-7-4-3-5-8-14)17-10-6-9-16(18-17)19-24(2,21)22/h3-10,13,15H,11-12H2,1-2H3,(H,18,19)/t13-,15+/m1/s1. The SMILES string of the molecule is C[C@@H]1CN(c2cccc(NS(C)(=O)=O)n2)[C@H](c2ccccc2)CO1. The van der Waals surface area contributed by atoms with Crippen molar-refractivity contribution in [2.75, 3.05) is 29.0 Å². The van der Waals surface area contributed by atoms with Crippen LogP contribution in [0.15, 0.2) is 48.5 Å². The number of nitrogens with zero attached hydrogens (tertiary/aromatic N) is 2. The number of morpholine rings is 1. The predicted octanol–water partition coefficient (Wildman–Crippen LogP) is 2.42. The summed E-state index contributed by atoms with van der Waals surface area (Å²) in [4.78, 5) is 6.64. The van der Waals surface area contributed by atoms with E-state index in [1.807, 2.05) is 31.2 Å². The highest BCUT2D eigenvalue weighted by Gasteiger charge is 2.29. The molecule has 2 aromatic rings. The molecule has 7 heteroatoms. The van der Waals surface area contributed by atoms with Crippen molar-refractivity contribution >= 4 is 21.7 Å². The summed E-state index contributed by atoms with van der Waals surface area (Å²) in [5.41, 5.74) is 1.15. The maximum atomic E-state index is 11.4. The maximum absolute atomic E-state index is 11.4. The maximum Gasteiger partial charge on any atom is 0.230 e. The Hall–Kier alpha value is -2.12. The zero-order valence-corrected chi connectivity index (χ0v) is 14.5. The van der Waals surface area contributed by atoms with Gasteiger partial charge >= 0.3 is 0 Å². The number of rotatable bonds is 4. The van der Waals surface area contributed by atoms with Gasteiger partial charge in [-0.25, -0.2) is 13.4 Å². The molecule has 1 N–H and O–H groups in total.